The van der Waals surface area contributed by atoms with E-state index in [1.165, 1.54) is 0 Å². The Morgan fingerprint density at radius 1 is 1.50 bits per heavy atom. The summed E-state index contributed by atoms with van der Waals surface area (Å²) in [6.07, 6.45) is -0.378. The van der Waals surface area contributed by atoms with Crippen molar-refractivity contribution in [1.82, 2.24) is 10.6 Å². The van der Waals surface area contributed by atoms with Crippen LogP contribution in [0.15, 0.2) is 24.3 Å². The number of rotatable bonds is 4. The van der Waals surface area contributed by atoms with Gasteiger partial charge >= 0.3 is 0 Å². The van der Waals surface area contributed by atoms with Gasteiger partial charge in [0.15, 0.2) is 0 Å². The molecule has 2 rings (SSSR count). The van der Waals surface area contributed by atoms with Crippen molar-refractivity contribution in [2.24, 2.45) is 0 Å². The van der Waals surface area contributed by atoms with Gasteiger partial charge in [-0.3, -0.25) is 4.79 Å². The van der Waals surface area contributed by atoms with E-state index in [0.29, 0.717) is 19.7 Å². The lowest BCUT2D eigenvalue weighted by Crippen LogP contribution is -2.47. The van der Waals surface area contributed by atoms with Gasteiger partial charge in [-0.25, -0.2) is 0 Å². The molecule has 0 aliphatic carbocycles. The quantitative estimate of drug-likeness (QED) is 0.807. The molecule has 0 bridgehead atoms. The number of hydrogen-bond acceptors (Lipinski definition) is 4. The molecule has 98 valence electrons. The summed E-state index contributed by atoms with van der Waals surface area (Å²) in [7, 11) is 1.63. The van der Waals surface area contributed by atoms with Crippen LogP contribution >= 0.6 is 0 Å². The van der Waals surface area contributed by atoms with Crippen LogP contribution in [0.25, 0.3) is 0 Å². The molecule has 1 heterocycles. The summed E-state index contributed by atoms with van der Waals surface area (Å²) < 4.78 is 10.4. The first-order chi connectivity index (χ1) is 8.79. The average Bonchev–Trinajstić information content (AvgIpc) is 2.46. The van der Waals surface area contributed by atoms with Crippen molar-refractivity contribution in [2.75, 3.05) is 26.8 Å². The summed E-state index contributed by atoms with van der Waals surface area (Å²) in [4.78, 5) is 11.8. The molecule has 2 N–H and O–H groups in total. The lowest BCUT2D eigenvalue weighted by molar-refractivity contribution is -0.134. The SMILES string of the molecule is COc1ccc(CNC(=O)C2CNCCO2)cc1. The number of amides is 1. The fraction of sp³-hybridized carbons (Fsp3) is 0.462. The summed E-state index contributed by atoms with van der Waals surface area (Å²) in [6.45, 7) is 2.47. The first kappa shape index (κ1) is 12.9. The van der Waals surface area contributed by atoms with E-state index in [1.54, 1.807) is 7.11 Å². The van der Waals surface area contributed by atoms with Gasteiger partial charge in [0.05, 0.1) is 13.7 Å². The highest BCUT2D eigenvalue weighted by Gasteiger charge is 2.20. The highest BCUT2D eigenvalue weighted by molar-refractivity contribution is 5.81. The Kier molecular flexibility index (Phi) is 4.55. The Hall–Kier alpha value is -1.59. The Morgan fingerprint density at radius 3 is 2.89 bits per heavy atom. The molecule has 1 aliphatic heterocycles. The Morgan fingerprint density at radius 2 is 2.28 bits per heavy atom. The van der Waals surface area contributed by atoms with Gasteiger partial charge in [0.2, 0.25) is 0 Å². The van der Waals surface area contributed by atoms with Crippen molar-refractivity contribution >= 4 is 5.91 Å². The monoisotopic (exact) mass is 250 g/mol. The number of benzene rings is 1. The first-order valence-electron chi connectivity index (χ1n) is 6.02. The third-order valence-electron chi connectivity index (χ3n) is 2.85. The molecule has 5 heteroatoms. The zero-order valence-electron chi connectivity index (χ0n) is 10.4. The topological polar surface area (TPSA) is 59.6 Å². The van der Waals surface area contributed by atoms with Crippen LogP contribution in [0.1, 0.15) is 5.56 Å². The van der Waals surface area contributed by atoms with Gasteiger partial charge < -0.3 is 20.1 Å². The molecule has 0 aromatic heterocycles. The van der Waals surface area contributed by atoms with E-state index in [9.17, 15) is 4.79 Å². The van der Waals surface area contributed by atoms with Gasteiger partial charge in [-0.15, -0.1) is 0 Å². The molecule has 1 saturated heterocycles. The van der Waals surface area contributed by atoms with Gasteiger partial charge in [0.1, 0.15) is 11.9 Å². The van der Waals surface area contributed by atoms with Gasteiger partial charge in [-0.05, 0) is 17.7 Å². The molecule has 0 radical (unpaired) electrons. The van der Waals surface area contributed by atoms with Crippen LogP contribution in [0.2, 0.25) is 0 Å². The second kappa shape index (κ2) is 6.37. The number of carbonyl (C=O) groups excluding carboxylic acids is 1. The Bertz CT molecular complexity index is 386. The highest BCUT2D eigenvalue weighted by Crippen LogP contribution is 2.11. The van der Waals surface area contributed by atoms with Crippen LogP contribution in [0.3, 0.4) is 0 Å². The van der Waals surface area contributed by atoms with E-state index in [0.717, 1.165) is 17.9 Å². The minimum Gasteiger partial charge on any atom is -0.497 e. The van der Waals surface area contributed by atoms with E-state index in [-0.39, 0.29) is 12.0 Å². The van der Waals surface area contributed by atoms with Crippen molar-refractivity contribution in [1.29, 1.82) is 0 Å². The second-order valence-electron chi connectivity index (χ2n) is 4.13. The molecule has 18 heavy (non-hydrogen) atoms. The molecule has 1 amide bonds. The fourth-order valence-corrected chi connectivity index (χ4v) is 1.78. The number of nitrogens with one attached hydrogen (secondary N) is 2. The summed E-state index contributed by atoms with van der Waals surface area (Å²) in [5.41, 5.74) is 1.04. The van der Waals surface area contributed by atoms with Gasteiger partial charge in [-0.2, -0.15) is 0 Å². The number of morpholine rings is 1. The third kappa shape index (κ3) is 3.45. The first-order valence-corrected chi connectivity index (χ1v) is 6.02. The molecular formula is C13H18N2O3. The minimum atomic E-state index is -0.378. The molecule has 0 spiro atoms. The number of carbonyl (C=O) groups is 1. The van der Waals surface area contributed by atoms with Gasteiger partial charge in [0.25, 0.3) is 5.91 Å². The molecule has 1 fully saturated rings. The van der Waals surface area contributed by atoms with Crippen molar-refractivity contribution in [3.8, 4) is 5.75 Å². The molecular weight excluding hydrogens is 232 g/mol. The largest absolute Gasteiger partial charge is 0.497 e. The maximum Gasteiger partial charge on any atom is 0.250 e. The van der Waals surface area contributed by atoms with Crippen LogP contribution in [0, 0.1) is 0 Å². The molecule has 1 aromatic rings. The lowest BCUT2D eigenvalue weighted by atomic mass is 10.2. The van der Waals surface area contributed by atoms with Gasteiger partial charge in [0, 0.05) is 19.6 Å². The highest BCUT2D eigenvalue weighted by atomic mass is 16.5. The lowest BCUT2D eigenvalue weighted by Gasteiger charge is -2.22. The normalized spacial score (nSPS) is 19.3. The van der Waals surface area contributed by atoms with E-state index < -0.39 is 0 Å². The minimum absolute atomic E-state index is 0.0713. The zero-order chi connectivity index (χ0) is 12.8. The fourth-order valence-electron chi connectivity index (χ4n) is 1.78. The predicted octanol–water partition coefficient (Wildman–Crippen LogP) is 0.300. The number of methoxy groups -OCH3 is 1. The maximum absolute atomic E-state index is 11.8. The summed E-state index contributed by atoms with van der Waals surface area (Å²) in [5, 5.41) is 5.99. The number of hydrogen-bond donors (Lipinski definition) is 2. The smallest absolute Gasteiger partial charge is 0.250 e. The van der Waals surface area contributed by atoms with Crippen molar-refractivity contribution in [3.05, 3.63) is 29.8 Å². The molecule has 1 atom stereocenters. The van der Waals surface area contributed by atoms with Crippen molar-refractivity contribution in [2.45, 2.75) is 12.6 Å². The van der Waals surface area contributed by atoms with Crippen LogP contribution in [-0.2, 0) is 16.1 Å². The summed E-state index contributed by atoms with van der Waals surface area (Å²) in [6, 6.07) is 7.61. The van der Waals surface area contributed by atoms with E-state index >= 15 is 0 Å². The van der Waals surface area contributed by atoms with Crippen LogP contribution in [-0.4, -0.2) is 38.8 Å². The second-order valence-corrected chi connectivity index (χ2v) is 4.13. The molecule has 5 nitrogen and oxygen atoms in total. The standard InChI is InChI=1S/C13H18N2O3/c1-17-11-4-2-10(3-5-11)8-15-13(16)12-9-14-6-7-18-12/h2-5,12,14H,6-9H2,1H3,(H,15,16). The van der Waals surface area contributed by atoms with Crippen LogP contribution in [0.5, 0.6) is 5.75 Å². The maximum atomic E-state index is 11.8. The van der Waals surface area contributed by atoms with Crippen molar-refractivity contribution in [3.63, 3.8) is 0 Å². The summed E-state index contributed by atoms with van der Waals surface area (Å²) in [5.74, 6) is 0.739. The number of ether oxygens (including phenoxy) is 2. The molecule has 1 aliphatic rings. The van der Waals surface area contributed by atoms with Gasteiger partial charge in [-0.1, -0.05) is 12.1 Å². The van der Waals surface area contributed by atoms with E-state index in [1.807, 2.05) is 24.3 Å². The molecule has 1 unspecified atom stereocenters. The Balaban J connectivity index is 1.80. The summed E-state index contributed by atoms with van der Waals surface area (Å²) >= 11 is 0. The predicted molar refractivity (Wildman–Crippen MR) is 67.5 cm³/mol. The van der Waals surface area contributed by atoms with E-state index in [2.05, 4.69) is 10.6 Å². The molecule has 0 saturated carbocycles. The van der Waals surface area contributed by atoms with Crippen molar-refractivity contribution < 1.29 is 14.3 Å². The van der Waals surface area contributed by atoms with Crippen LogP contribution in [0.4, 0.5) is 0 Å². The van der Waals surface area contributed by atoms with Crippen LogP contribution < -0.4 is 15.4 Å². The molecule has 1 aromatic carbocycles. The average molecular weight is 250 g/mol. The Labute approximate surface area is 106 Å². The zero-order valence-corrected chi connectivity index (χ0v) is 10.4. The third-order valence-corrected chi connectivity index (χ3v) is 2.85. The van der Waals surface area contributed by atoms with E-state index in [4.69, 9.17) is 9.47 Å².